The first-order valence-electron chi connectivity index (χ1n) is 6.12. The predicted octanol–water partition coefficient (Wildman–Crippen LogP) is -0.441. The summed E-state index contributed by atoms with van der Waals surface area (Å²) in [5.74, 6) is 0. The van der Waals surface area contributed by atoms with E-state index < -0.39 is 38.2 Å². The van der Waals surface area contributed by atoms with Crippen LogP contribution in [0.15, 0.2) is 23.1 Å². The van der Waals surface area contributed by atoms with Gasteiger partial charge in [-0.25, -0.2) is 8.42 Å². The second-order valence-corrected chi connectivity index (χ2v) is 6.37. The molecule has 1 atom stereocenters. The second-order valence-electron chi connectivity index (χ2n) is 4.51. The second kappa shape index (κ2) is 5.93. The number of nitrogen functional groups attached to an aromatic ring is 1. The van der Waals surface area contributed by atoms with E-state index in [1.165, 1.54) is 6.07 Å². The van der Waals surface area contributed by atoms with Crippen molar-refractivity contribution < 1.29 is 23.2 Å². The summed E-state index contributed by atoms with van der Waals surface area (Å²) in [6.45, 7) is -0.230. The normalized spacial score (nSPS) is 20.3. The molecule has 9 nitrogen and oxygen atoms in total. The van der Waals surface area contributed by atoms with Gasteiger partial charge < -0.3 is 15.6 Å². The summed E-state index contributed by atoms with van der Waals surface area (Å²) in [4.78, 5) is 9.77. The number of rotatable bonds is 4. The van der Waals surface area contributed by atoms with Crippen molar-refractivity contribution in [2.45, 2.75) is 10.9 Å². The highest BCUT2D eigenvalue weighted by Crippen LogP contribution is 2.30. The topological polar surface area (TPSA) is 136 Å². The van der Waals surface area contributed by atoms with Crippen LogP contribution in [0.4, 0.5) is 11.4 Å². The van der Waals surface area contributed by atoms with E-state index in [0.29, 0.717) is 0 Å². The molecule has 116 valence electrons. The van der Waals surface area contributed by atoms with Crippen LogP contribution < -0.4 is 5.73 Å². The summed E-state index contributed by atoms with van der Waals surface area (Å²) < 4.78 is 31.4. The minimum absolute atomic E-state index is 0.0134. The number of aliphatic hydroxyl groups excluding tert-OH is 1. The highest BCUT2D eigenvalue weighted by Gasteiger charge is 2.37. The van der Waals surface area contributed by atoms with Crippen molar-refractivity contribution in [2.24, 2.45) is 0 Å². The Bertz CT molecular complexity index is 647. The van der Waals surface area contributed by atoms with Crippen molar-refractivity contribution in [1.29, 1.82) is 0 Å². The molecule has 1 fully saturated rings. The molecule has 0 spiro atoms. The van der Waals surface area contributed by atoms with Gasteiger partial charge in [-0.1, -0.05) is 0 Å². The number of nitrogens with zero attached hydrogens (tertiary/aromatic N) is 2. The van der Waals surface area contributed by atoms with Crippen LogP contribution in [0.2, 0.25) is 0 Å². The summed E-state index contributed by atoms with van der Waals surface area (Å²) in [7, 11) is -4.15. The van der Waals surface area contributed by atoms with E-state index in [1.54, 1.807) is 0 Å². The smallest absolute Gasteiger partial charge is 0.289 e. The Morgan fingerprint density at radius 3 is 2.86 bits per heavy atom. The third-order valence-corrected chi connectivity index (χ3v) is 5.13. The number of ether oxygens (including phenoxy) is 1. The largest absolute Gasteiger partial charge is 0.399 e. The van der Waals surface area contributed by atoms with Gasteiger partial charge in [0.1, 0.15) is 0 Å². The summed E-state index contributed by atoms with van der Waals surface area (Å²) in [5.41, 5.74) is 5.10. The van der Waals surface area contributed by atoms with Gasteiger partial charge in [0.25, 0.3) is 5.69 Å². The summed E-state index contributed by atoms with van der Waals surface area (Å²) >= 11 is 0. The van der Waals surface area contributed by atoms with Crippen LogP contribution in [0.1, 0.15) is 0 Å². The Hall–Kier alpha value is -1.75. The van der Waals surface area contributed by atoms with Gasteiger partial charge in [0.05, 0.1) is 30.8 Å². The molecule has 2 rings (SSSR count). The fourth-order valence-electron chi connectivity index (χ4n) is 2.11. The van der Waals surface area contributed by atoms with Gasteiger partial charge in [0.15, 0.2) is 4.90 Å². The van der Waals surface area contributed by atoms with Crippen molar-refractivity contribution in [1.82, 2.24) is 4.31 Å². The summed E-state index contributed by atoms with van der Waals surface area (Å²) in [6.07, 6.45) is 0. The summed E-state index contributed by atoms with van der Waals surface area (Å²) in [5, 5.41) is 20.3. The van der Waals surface area contributed by atoms with Gasteiger partial charge in [-0.3, -0.25) is 10.1 Å². The molecule has 0 amide bonds. The maximum absolute atomic E-state index is 12.6. The van der Waals surface area contributed by atoms with Crippen molar-refractivity contribution in [3.8, 4) is 0 Å². The highest BCUT2D eigenvalue weighted by atomic mass is 32.2. The Morgan fingerprint density at radius 2 is 2.24 bits per heavy atom. The third-order valence-electron chi connectivity index (χ3n) is 3.15. The van der Waals surface area contributed by atoms with Crippen LogP contribution in [0.25, 0.3) is 0 Å². The van der Waals surface area contributed by atoms with E-state index in [4.69, 9.17) is 10.5 Å². The maximum atomic E-state index is 12.6. The van der Waals surface area contributed by atoms with E-state index in [1.807, 2.05) is 0 Å². The van der Waals surface area contributed by atoms with Gasteiger partial charge in [-0.2, -0.15) is 4.31 Å². The molecule has 21 heavy (non-hydrogen) atoms. The number of sulfonamides is 1. The zero-order chi connectivity index (χ0) is 15.6. The zero-order valence-corrected chi connectivity index (χ0v) is 11.8. The number of anilines is 1. The van der Waals surface area contributed by atoms with Crippen molar-refractivity contribution in [3.63, 3.8) is 0 Å². The molecular formula is C11H15N3O6S. The molecule has 1 unspecified atom stereocenters. The number of hydrogen-bond acceptors (Lipinski definition) is 7. The molecule has 0 saturated carbocycles. The molecular weight excluding hydrogens is 302 g/mol. The van der Waals surface area contributed by atoms with Crippen LogP contribution in [-0.2, 0) is 14.8 Å². The van der Waals surface area contributed by atoms with Gasteiger partial charge >= 0.3 is 0 Å². The first kappa shape index (κ1) is 15.6. The zero-order valence-electron chi connectivity index (χ0n) is 11.0. The predicted molar refractivity (Wildman–Crippen MR) is 73.1 cm³/mol. The standard InChI is InChI=1S/C11H15N3O6S/c12-8-1-2-10(14(16)17)11(5-8)21(18,19)13-3-4-20-7-9(13)6-15/h1-2,5,9,15H,3-4,6-7,12H2. The van der Waals surface area contributed by atoms with Crippen LogP contribution in [0.3, 0.4) is 0 Å². The molecule has 1 aromatic rings. The van der Waals surface area contributed by atoms with E-state index in [-0.39, 0.29) is 25.4 Å². The van der Waals surface area contributed by atoms with Crippen LogP contribution in [0, 0.1) is 10.1 Å². The molecule has 10 heteroatoms. The molecule has 1 saturated heterocycles. The SMILES string of the molecule is Nc1ccc([N+](=O)[O-])c(S(=O)(=O)N2CCOCC2CO)c1. The average molecular weight is 317 g/mol. The summed E-state index contributed by atoms with van der Waals surface area (Å²) in [6, 6.07) is 2.60. The van der Waals surface area contributed by atoms with Gasteiger partial charge in [0.2, 0.25) is 10.0 Å². The minimum atomic E-state index is -4.15. The quantitative estimate of drug-likeness (QED) is 0.436. The molecule has 1 aliphatic rings. The molecule has 1 heterocycles. The Kier molecular flexibility index (Phi) is 4.42. The van der Waals surface area contributed by atoms with Crippen molar-refractivity contribution >= 4 is 21.4 Å². The first-order valence-corrected chi connectivity index (χ1v) is 7.56. The Morgan fingerprint density at radius 1 is 1.52 bits per heavy atom. The first-order chi connectivity index (χ1) is 9.87. The monoisotopic (exact) mass is 317 g/mol. The number of hydrogen-bond donors (Lipinski definition) is 2. The van der Waals surface area contributed by atoms with Crippen molar-refractivity contribution in [2.75, 3.05) is 32.1 Å². The molecule has 0 aliphatic carbocycles. The van der Waals surface area contributed by atoms with Gasteiger partial charge in [-0.15, -0.1) is 0 Å². The van der Waals surface area contributed by atoms with Crippen LogP contribution in [-0.4, -0.2) is 55.2 Å². The van der Waals surface area contributed by atoms with E-state index >= 15 is 0 Å². The number of nitro benzene ring substituents is 1. The van der Waals surface area contributed by atoms with Crippen molar-refractivity contribution in [3.05, 3.63) is 28.3 Å². The minimum Gasteiger partial charge on any atom is -0.399 e. The number of nitrogens with two attached hydrogens (primary N) is 1. The van der Waals surface area contributed by atoms with Crippen LogP contribution >= 0.6 is 0 Å². The molecule has 3 N–H and O–H groups in total. The number of aliphatic hydroxyl groups is 1. The highest BCUT2D eigenvalue weighted by molar-refractivity contribution is 7.89. The number of benzene rings is 1. The van der Waals surface area contributed by atoms with Gasteiger partial charge in [-0.05, 0) is 12.1 Å². The fourth-order valence-corrected chi connectivity index (χ4v) is 3.89. The average Bonchev–Trinajstić information content (AvgIpc) is 2.46. The maximum Gasteiger partial charge on any atom is 0.289 e. The lowest BCUT2D eigenvalue weighted by atomic mass is 10.3. The van der Waals surface area contributed by atoms with E-state index in [2.05, 4.69) is 0 Å². The molecule has 1 aliphatic heterocycles. The Labute approximate surface area is 121 Å². The molecule has 0 aromatic heterocycles. The van der Waals surface area contributed by atoms with E-state index in [9.17, 15) is 23.6 Å². The molecule has 0 bridgehead atoms. The number of morpholine rings is 1. The third kappa shape index (κ3) is 2.97. The van der Waals surface area contributed by atoms with E-state index in [0.717, 1.165) is 16.4 Å². The number of nitro groups is 1. The van der Waals surface area contributed by atoms with Crippen LogP contribution in [0.5, 0.6) is 0 Å². The lowest BCUT2D eigenvalue weighted by Gasteiger charge is -2.33. The fraction of sp³-hybridized carbons (Fsp3) is 0.455. The lowest BCUT2D eigenvalue weighted by molar-refractivity contribution is -0.387. The van der Waals surface area contributed by atoms with Gasteiger partial charge in [0, 0.05) is 18.3 Å². The lowest BCUT2D eigenvalue weighted by Crippen LogP contribution is -2.50. The molecule has 0 radical (unpaired) electrons. The molecule has 1 aromatic carbocycles. The Balaban J connectivity index is 2.53.